The van der Waals surface area contributed by atoms with Crippen LogP contribution in [0, 0.1) is 5.41 Å². The minimum absolute atomic E-state index is 0.00445. The average Bonchev–Trinajstić information content (AvgIpc) is 2.68. The summed E-state index contributed by atoms with van der Waals surface area (Å²) in [5.74, 6) is 5.26. The third kappa shape index (κ3) is 3.08. The molecular weight excluding hydrogens is 262 g/mol. The quantitative estimate of drug-likeness (QED) is 0.581. The number of nitrogen functional groups attached to an aromatic ring is 1. The predicted molar refractivity (Wildman–Crippen MR) is 76.0 cm³/mol. The summed E-state index contributed by atoms with van der Waals surface area (Å²) in [6.45, 7) is 4.21. The lowest BCUT2D eigenvalue weighted by atomic mass is 9.88. The van der Waals surface area contributed by atoms with E-state index in [1.54, 1.807) is 24.3 Å². The molecule has 1 fully saturated rings. The number of benzene rings is 1. The Labute approximate surface area is 114 Å². The molecule has 19 heavy (non-hydrogen) atoms. The van der Waals surface area contributed by atoms with Crippen molar-refractivity contribution in [3.8, 4) is 0 Å². The molecule has 2 rings (SSSR count). The minimum atomic E-state index is -3.46. The van der Waals surface area contributed by atoms with E-state index < -0.39 is 10.0 Å². The lowest BCUT2D eigenvalue weighted by molar-refractivity contribution is 0.313. The van der Waals surface area contributed by atoms with Gasteiger partial charge >= 0.3 is 0 Å². The van der Waals surface area contributed by atoms with E-state index in [1.165, 1.54) is 0 Å². The molecule has 0 saturated heterocycles. The molecule has 0 amide bonds. The number of nitrogens with one attached hydrogen (secondary N) is 2. The molecule has 0 aromatic heterocycles. The Morgan fingerprint density at radius 3 is 2.37 bits per heavy atom. The number of hydrogen-bond donors (Lipinski definition) is 3. The van der Waals surface area contributed by atoms with Crippen LogP contribution in [0.5, 0.6) is 0 Å². The van der Waals surface area contributed by atoms with Gasteiger partial charge in [-0.3, -0.25) is 5.84 Å². The van der Waals surface area contributed by atoms with E-state index in [9.17, 15) is 8.42 Å². The molecule has 1 atom stereocenters. The highest BCUT2D eigenvalue weighted by Gasteiger charge is 2.37. The summed E-state index contributed by atoms with van der Waals surface area (Å²) >= 11 is 0. The summed E-state index contributed by atoms with van der Waals surface area (Å²) in [5.41, 5.74) is 3.18. The number of hydrazine groups is 1. The van der Waals surface area contributed by atoms with Gasteiger partial charge in [-0.1, -0.05) is 20.3 Å². The van der Waals surface area contributed by atoms with Gasteiger partial charge in [0.1, 0.15) is 0 Å². The molecule has 0 heterocycles. The second kappa shape index (κ2) is 5.11. The van der Waals surface area contributed by atoms with E-state index in [2.05, 4.69) is 24.0 Å². The second-order valence-corrected chi connectivity index (χ2v) is 7.44. The number of anilines is 1. The Morgan fingerprint density at radius 2 is 1.89 bits per heavy atom. The van der Waals surface area contributed by atoms with Gasteiger partial charge < -0.3 is 5.43 Å². The van der Waals surface area contributed by atoms with Crippen LogP contribution in [0.1, 0.15) is 33.1 Å². The molecule has 0 aliphatic heterocycles. The highest BCUT2D eigenvalue weighted by molar-refractivity contribution is 7.89. The van der Waals surface area contributed by atoms with Gasteiger partial charge in [0, 0.05) is 11.7 Å². The first-order chi connectivity index (χ1) is 8.85. The molecule has 4 N–H and O–H groups in total. The van der Waals surface area contributed by atoms with E-state index in [0.29, 0.717) is 5.69 Å². The standard InChI is InChI=1S/C13H21N3O2S/c1-13(2)9-3-4-12(13)16-19(17,18)11-7-5-10(15-14)6-8-11/h5-8,12,15-16H,3-4,9,14H2,1-2H3. The summed E-state index contributed by atoms with van der Waals surface area (Å²) in [5, 5.41) is 0. The normalized spacial score (nSPS) is 22.4. The maximum Gasteiger partial charge on any atom is 0.240 e. The third-order valence-corrected chi connectivity index (χ3v) is 5.37. The molecule has 0 radical (unpaired) electrons. The van der Waals surface area contributed by atoms with Crippen molar-refractivity contribution in [3.05, 3.63) is 24.3 Å². The summed E-state index contributed by atoms with van der Waals surface area (Å²) in [6.07, 6.45) is 3.01. The largest absolute Gasteiger partial charge is 0.324 e. The zero-order chi connectivity index (χ0) is 14.1. The van der Waals surface area contributed by atoms with E-state index in [0.717, 1.165) is 19.3 Å². The molecule has 1 aliphatic carbocycles. The van der Waals surface area contributed by atoms with Crippen LogP contribution in [0.2, 0.25) is 0 Å². The summed E-state index contributed by atoms with van der Waals surface area (Å²) in [6, 6.07) is 6.41. The van der Waals surface area contributed by atoms with Crippen LogP contribution >= 0.6 is 0 Å². The van der Waals surface area contributed by atoms with Gasteiger partial charge in [-0.15, -0.1) is 0 Å². The Bertz CT molecular complexity index is 538. The first-order valence-corrected chi connectivity index (χ1v) is 7.92. The van der Waals surface area contributed by atoms with Crippen LogP contribution in [-0.4, -0.2) is 14.5 Å². The average molecular weight is 283 g/mol. The minimum Gasteiger partial charge on any atom is -0.324 e. The third-order valence-electron chi connectivity index (χ3n) is 3.89. The molecule has 6 heteroatoms. The van der Waals surface area contributed by atoms with Gasteiger partial charge in [-0.2, -0.15) is 0 Å². The summed E-state index contributed by atoms with van der Waals surface area (Å²) < 4.78 is 27.4. The molecule has 0 spiro atoms. The van der Waals surface area contributed by atoms with Crippen molar-refractivity contribution in [1.82, 2.24) is 4.72 Å². The monoisotopic (exact) mass is 283 g/mol. The SMILES string of the molecule is CC1(C)CCCC1NS(=O)(=O)c1ccc(NN)cc1. The highest BCUT2D eigenvalue weighted by atomic mass is 32.2. The van der Waals surface area contributed by atoms with Crippen molar-refractivity contribution >= 4 is 15.7 Å². The lowest BCUT2D eigenvalue weighted by Gasteiger charge is -2.27. The lowest BCUT2D eigenvalue weighted by Crippen LogP contribution is -2.41. The highest BCUT2D eigenvalue weighted by Crippen LogP contribution is 2.37. The van der Waals surface area contributed by atoms with Crippen LogP contribution in [0.15, 0.2) is 29.2 Å². The maximum atomic E-state index is 12.3. The molecule has 1 saturated carbocycles. The van der Waals surface area contributed by atoms with E-state index in [-0.39, 0.29) is 16.4 Å². The van der Waals surface area contributed by atoms with Crippen LogP contribution in [0.3, 0.4) is 0 Å². The Morgan fingerprint density at radius 1 is 1.26 bits per heavy atom. The van der Waals surface area contributed by atoms with Gasteiger partial charge in [-0.05, 0) is 42.5 Å². The molecule has 1 aromatic rings. The molecule has 5 nitrogen and oxygen atoms in total. The Kier molecular flexibility index (Phi) is 3.85. The van der Waals surface area contributed by atoms with Crippen LogP contribution in [0.4, 0.5) is 5.69 Å². The number of rotatable bonds is 4. The van der Waals surface area contributed by atoms with Gasteiger partial charge in [0.2, 0.25) is 10.0 Å². The van der Waals surface area contributed by atoms with Crippen molar-refractivity contribution in [2.45, 2.75) is 44.0 Å². The van der Waals surface area contributed by atoms with Gasteiger partial charge in [-0.25, -0.2) is 13.1 Å². The second-order valence-electron chi connectivity index (χ2n) is 5.72. The van der Waals surface area contributed by atoms with E-state index in [4.69, 9.17) is 5.84 Å². The fourth-order valence-electron chi connectivity index (χ4n) is 2.53. The fourth-order valence-corrected chi connectivity index (χ4v) is 3.97. The van der Waals surface area contributed by atoms with Crippen molar-refractivity contribution in [2.75, 3.05) is 5.43 Å². The smallest absolute Gasteiger partial charge is 0.240 e. The summed E-state index contributed by atoms with van der Waals surface area (Å²) in [7, 11) is -3.46. The molecule has 0 bridgehead atoms. The van der Waals surface area contributed by atoms with Gasteiger partial charge in [0.25, 0.3) is 0 Å². The van der Waals surface area contributed by atoms with Crippen molar-refractivity contribution in [3.63, 3.8) is 0 Å². The van der Waals surface area contributed by atoms with Gasteiger partial charge in [0.05, 0.1) is 4.90 Å². The number of nitrogens with two attached hydrogens (primary N) is 1. The molecule has 1 aromatic carbocycles. The van der Waals surface area contributed by atoms with E-state index >= 15 is 0 Å². The molecular formula is C13H21N3O2S. The van der Waals surface area contributed by atoms with Crippen molar-refractivity contribution in [1.29, 1.82) is 0 Å². The molecule has 1 unspecified atom stereocenters. The van der Waals surface area contributed by atoms with Gasteiger partial charge in [0.15, 0.2) is 0 Å². The first-order valence-electron chi connectivity index (χ1n) is 6.44. The zero-order valence-corrected chi connectivity index (χ0v) is 12.1. The topological polar surface area (TPSA) is 84.2 Å². The van der Waals surface area contributed by atoms with Crippen molar-refractivity contribution < 1.29 is 8.42 Å². The van der Waals surface area contributed by atoms with Crippen LogP contribution in [-0.2, 0) is 10.0 Å². The Balaban J connectivity index is 2.18. The Hall–Kier alpha value is -1.11. The predicted octanol–water partition coefficient (Wildman–Crippen LogP) is 1.83. The number of sulfonamides is 1. The first kappa shape index (κ1) is 14.3. The zero-order valence-electron chi connectivity index (χ0n) is 11.3. The molecule has 106 valence electrons. The number of hydrogen-bond acceptors (Lipinski definition) is 4. The maximum absolute atomic E-state index is 12.3. The van der Waals surface area contributed by atoms with Crippen molar-refractivity contribution in [2.24, 2.45) is 11.3 Å². The fraction of sp³-hybridized carbons (Fsp3) is 0.538. The van der Waals surface area contributed by atoms with E-state index in [1.807, 2.05) is 0 Å². The van der Waals surface area contributed by atoms with Crippen LogP contribution in [0.25, 0.3) is 0 Å². The van der Waals surface area contributed by atoms with Crippen LogP contribution < -0.4 is 16.0 Å². The summed E-state index contributed by atoms with van der Waals surface area (Å²) in [4.78, 5) is 0.272. The molecule has 1 aliphatic rings.